The summed E-state index contributed by atoms with van der Waals surface area (Å²) in [4.78, 5) is 25.8. The number of carbonyl (C=O) groups is 2. The Kier molecular flexibility index (Phi) is 1.56. The van der Waals surface area contributed by atoms with E-state index in [4.69, 9.17) is 0 Å². The average Bonchev–Trinajstić information content (AvgIpc) is 2.48. The van der Waals surface area contributed by atoms with Crippen LogP contribution in [0.2, 0.25) is 0 Å². The zero-order valence-electron chi connectivity index (χ0n) is 7.12. The van der Waals surface area contributed by atoms with Gasteiger partial charge in [0.25, 0.3) is 0 Å². The minimum Gasteiger partial charge on any atom is -0.335 e. The number of fused-ring (bicyclic) bond motifs is 1. The van der Waals surface area contributed by atoms with Gasteiger partial charge in [-0.2, -0.15) is 0 Å². The summed E-state index contributed by atoms with van der Waals surface area (Å²) in [6.45, 7) is 1.48. The van der Waals surface area contributed by atoms with Crippen LogP contribution in [0.3, 0.4) is 0 Å². The summed E-state index contributed by atoms with van der Waals surface area (Å²) in [7, 11) is 1.69. The van der Waals surface area contributed by atoms with Gasteiger partial charge in [-0.1, -0.05) is 0 Å². The Hall–Kier alpha value is -1.06. The van der Waals surface area contributed by atoms with Crippen LogP contribution in [-0.2, 0) is 9.59 Å². The number of piperazine rings is 1. The number of nitrogens with zero attached hydrogens (tertiary/aromatic N) is 2. The first-order chi connectivity index (χ1) is 5.70. The lowest BCUT2D eigenvalue weighted by Gasteiger charge is -2.34. The van der Waals surface area contributed by atoms with Gasteiger partial charge in [0.1, 0.15) is 0 Å². The molecule has 0 spiro atoms. The highest BCUT2D eigenvalue weighted by molar-refractivity contribution is 6.35. The number of hydrogen-bond donors (Lipinski definition) is 0. The summed E-state index contributed by atoms with van der Waals surface area (Å²) in [5.41, 5.74) is 0. The van der Waals surface area contributed by atoms with Crippen LogP contribution in [0.4, 0.5) is 0 Å². The number of carbonyl (C=O) groups excluding carboxylic acids is 2. The Bertz CT molecular complexity index is 239. The Labute approximate surface area is 71.1 Å². The van der Waals surface area contributed by atoms with E-state index >= 15 is 0 Å². The lowest BCUT2D eigenvalue weighted by atomic mass is 10.1. The summed E-state index contributed by atoms with van der Waals surface area (Å²) in [5, 5.41) is 0. The summed E-state index contributed by atoms with van der Waals surface area (Å²) in [5.74, 6) is -0.667. The monoisotopic (exact) mass is 168 g/mol. The summed E-state index contributed by atoms with van der Waals surface area (Å²) in [6, 6.07) is 0.292. The van der Waals surface area contributed by atoms with Crippen molar-refractivity contribution in [3.63, 3.8) is 0 Å². The molecular weight excluding hydrogens is 156 g/mol. The summed E-state index contributed by atoms with van der Waals surface area (Å²) >= 11 is 0. The van der Waals surface area contributed by atoms with Gasteiger partial charge in [0.05, 0.1) is 0 Å². The molecule has 0 aromatic heterocycles. The highest BCUT2D eigenvalue weighted by atomic mass is 16.2. The van der Waals surface area contributed by atoms with Crippen LogP contribution in [0.25, 0.3) is 0 Å². The highest BCUT2D eigenvalue weighted by Crippen LogP contribution is 2.21. The van der Waals surface area contributed by atoms with Gasteiger partial charge in [-0.3, -0.25) is 9.59 Å². The molecule has 2 saturated heterocycles. The first-order valence-electron chi connectivity index (χ1n) is 4.26. The largest absolute Gasteiger partial charge is 0.335 e. The van der Waals surface area contributed by atoms with E-state index in [-0.39, 0.29) is 11.8 Å². The van der Waals surface area contributed by atoms with E-state index in [0.29, 0.717) is 12.6 Å². The molecule has 0 bridgehead atoms. The summed E-state index contributed by atoms with van der Waals surface area (Å²) in [6.07, 6.45) is 2.08. The quantitative estimate of drug-likeness (QED) is 0.455. The lowest BCUT2D eigenvalue weighted by molar-refractivity contribution is -0.156. The molecule has 12 heavy (non-hydrogen) atoms. The van der Waals surface area contributed by atoms with E-state index in [1.807, 2.05) is 0 Å². The van der Waals surface area contributed by atoms with Crippen molar-refractivity contribution in [2.75, 3.05) is 20.1 Å². The van der Waals surface area contributed by atoms with Crippen LogP contribution in [0.5, 0.6) is 0 Å². The molecule has 0 radical (unpaired) electrons. The van der Waals surface area contributed by atoms with E-state index in [1.165, 1.54) is 4.90 Å². The van der Waals surface area contributed by atoms with Gasteiger partial charge >= 0.3 is 11.8 Å². The predicted octanol–water partition coefficient (Wildman–Crippen LogP) is -0.551. The van der Waals surface area contributed by atoms with Crippen molar-refractivity contribution in [2.24, 2.45) is 0 Å². The number of rotatable bonds is 0. The molecule has 1 atom stereocenters. The molecule has 2 aliphatic rings. The fourth-order valence-electron chi connectivity index (χ4n) is 1.98. The minimum absolute atomic E-state index is 0.292. The molecule has 4 nitrogen and oxygen atoms in total. The van der Waals surface area contributed by atoms with Crippen LogP contribution >= 0.6 is 0 Å². The molecule has 0 aromatic rings. The van der Waals surface area contributed by atoms with Crippen molar-refractivity contribution in [1.82, 2.24) is 9.80 Å². The molecule has 2 aliphatic heterocycles. The molecule has 0 unspecified atom stereocenters. The Morgan fingerprint density at radius 2 is 2.08 bits per heavy atom. The van der Waals surface area contributed by atoms with Crippen molar-refractivity contribution in [2.45, 2.75) is 18.9 Å². The molecule has 0 aromatic carbocycles. The summed E-state index contributed by atoms with van der Waals surface area (Å²) < 4.78 is 0. The lowest BCUT2D eigenvalue weighted by Crippen LogP contribution is -2.55. The topological polar surface area (TPSA) is 40.6 Å². The third-order valence-corrected chi connectivity index (χ3v) is 2.65. The molecule has 0 saturated carbocycles. The smallest absolute Gasteiger partial charge is 0.312 e. The second-order valence-corrected chi connectivity index (χ2v) is 3.48. The second-order valence-electron chi connectivity index (χ2n) is 3.48. The minimum atomic E-state index is -0.354. The van der Waals surface area contributed by atoms with Crippen molar-refractivity contribution < 1.29 is 9.59 Å². The Balaban J connectivity index is 2.21. The van der Waals surface area contributed by atoms with Crippen LogP contribution in [0, 0.1) is 0 Å². The normalized spacial score (nSPS) is 29.6. The third-order valence-electron chi connectivity index (χ3n) is 2.65. The van der Waals surface area contributed by atoms with E-state index in [9.17, 15) is 9.59 Å². The molecule has 66 valence electrons. The maximum Gasteiger partial charge on any atom is 0.312 e. The van der Waals surface area contributed by atoms with Crippen molar-refractivity contribution in [3.05, 3.63) is 0 Å². The predicted molar refractivity (Wildman–Crippen MR) is 42.4 cm³/mol. The average molecular weight is 168 g/mol. The van der Waals surface area contributed by atoms with Crippen LogP contribution in [0.15, 0.2) is 0 Å². The molecule has 0 N–H and O–H groups in total. The zero-order chi connectivity index (χ0) is 8.72. The standard InChI is InChI=1S/C8H12N2O2/c1-9-5-6-3-2-4-10(6)8(12)7(9)11/h6H,2-5H2,1H3/t6-/m0/s1. The third kappa shape index (κ3) is 0.906. The Morgan fingerprint density at radius 1 is 1.33 bits per heavy atom. The number of hydrogen-bond acceptors (Lipinski definition) is 2. The highest BCUT2D eigenvalue weighted by Gasteiger charge is 2.39. The van der Waals surface area contributed by atoms with Gasteiger partial charge in [0.15, 0.2) is 0 Å². The van der Waals surface area contributed by atoms with Crippen molar-refractivity contribution in [3.8, 4) is 0 Å². The van der Waals surface area contributed by atoms with Gasteiger partial charge in [-0.15, -0.1) is 0 Å². The number of likely N-dealkylation sites (N-methyl/N-ethyl adjacent to an activating group) is 1. The maximum atomic E-state index is 11.4. The van der Waals surface area contributed by atoms with Crippen LogP contribution < -0.4 is 0 Å². The van der Waals surface area contributed by atoms with E-state index < -0.39 is 0 Å². The van der Waals surface area contributed by atoms with Gasteiger partial charge in [0, 0.05) is 26.2 Å². The van der Waals surface area contributed by atoms with E-state index in [2.05, 4.69) is 0 Å². The maximum absolute atomic E-state index is 11.4. The second kappa shape index (κ2) is 2.47. The first-order valence-corrected chi connectivity index (χ1v) is 4.26. The van der Waals surface area contributed by atoms with Crippen molar-refractivity contribution in [1.29, 1.82) is 0 Å². The molecule has 0 aliphatic carbocycles. The van der Waals surface area contributed by atoms with Gasteiger partial charge in [0.2, 0.25) is 0 Å². The van der Waals surface area contributed by atoms with Crippen LogP contribution in [0.1, 0.15) is 12.8 Å². The molecule has 2 heterocycles. The van der Waals surface area contributed by atoms with Gasteiger partial charge < -0.3 is 9.80 Å². The SMILES string of the molecule is CN1C[C@@H]2CCCN2C(=O)C1=O. The van der Waals surface area contributed by atoms with Crippen molar-refractivity contribution >= 4 is 11.8 Å². The van der Waals surface area contributed by atoms with Gasteiger partial charge in [-0.25, -0.2) is 0 Å². The van der Waals surface area contributed by atoms with E-state index in [1.54, 1.807) is 11.9 Å². The Morgan fingerprint density at radius 3 is 2.83 bits per heavy atom. The number of amides is 2. The fraction of sp³-hybridized carbons (Fsp3) is 0.750. The fourth-order valence-corrected chi connectivity index (χ4v) is 1.98. The molecule has 2 amide bonds. The first kappa shape index (κ1) is 7.58. The van der Waals surface area contributed by atoms with E-state index in [0.717, 1.165) is 19.4 Å². The molecular formula is C8H12N2O2. The van der Waals surface area contributed by atoms with Crippen LogP contribution in [-0.4, -0.2) is 47.8 Å². The van der Waals surface area contributed by atoms with Gasteiger partial charge in [-0.05, 0) is 12.8 Å². The zero-order valence-corrected chi connectivity index (χ0v) is 7.12. The molecule has 4 heteroatoms. The molecule has 2 fully saturated rings. The molecule has 2 rings (SSSR count).